The fourth-order valence-electron chi connectivity index (χ4n) is 3.80. The summed E-state index contributed by atoms with van der Waals surface area (Å²) in [6.45, 7) is 2.24. The largest absolute Gasteiger partial charge is 0.495 e. The number of nitrogens with one attached hydrogen (secondary N) is 2. The summed E-state index contributed by atoms with van der Waals surface area (Å²) >= 11 is 0. The van der Waals surface area contributed by atoms with Gasteiger partial charge in [-0.15, -0.1) is 10.2 Å². The Bertz CT molecular complexity index is 1170. The molecular weight excluding hydrogens is 422 g/mol. The van der Waals surface area contributed by atoms with Crippen molar-refractivity contribution < 1.29 is 14.3 Å². The molecule has 0 bridgehead atoms. The molecule has 2 heterocycles. The van der Waals surface area contributed by atoms with Crippen LogP contribution in [0.5, 0.6) is 5.75 Å². The monoisotopic (exact) mass is 449 g/mol. The minimum atomic E-state index is -0.734. The SMILES string of the molecule is COCc1ccccc1Nc1nc(Nc2cc3c(cc2OC)CCN(C)C3)nnc1C(N)=O. The van der Waals surface area contributed by atoms with Crippen molar-refractivity contribution in [1.82, 2.24) is 20.1 Å². The number of para-hydroxylation sites is 1. The first-order valence-electron chi connectivity index (χ1n) is 10.5. The van der Waals surface area contributed by atoms with Gasteiger partial charge in [-0.25, -0.2) is 0 Å². The smallest absolute Gasteiger partial charge is 0.273 e. The number of rotatable bonds is 8. The third-order valence-electron chi connectivity index (χ3n) is 5.46. The van der Waals surface area contributed by atoms with Crippen molar-refractivity contribution in [2.24, 2.45) is 5.73 Å². The molecule has 0 aliphatic carbocycles. The maximum Gasteiger partial charge on any atom is 0.273 e. The second-order valence-corrected chi connectivity index (χ2v) is 7.85. The molecule has 0 unspecified atom stereocenters. The van der Waals surface area contributed by atoms with Crippen molar-refractivity contribution in [3.8, 4) is 5.75 Å². The summed E-state index contributed by atoms with van der Waals surface area (Å²) in [7, 11) is 5.33. The molecule has 1 aliphatic heterocycles. The molecule has 1 aliphatic rings. The molecule has 2 aromatic carbocycles. The topological polar surface area (TPSA) is 128 Å². The lowest BCUT2D eigenvalue weighted by Gasteiger charge is -2.26. The molecule has 0 atom stereocenters. The third-order valence-corrected chi connectivity index (χ3v) is 5.46. The van der Waals surface area contributed by atoms with Gasteiger partial charge in [0.1, 0.15) is 5.75 Å². The van der Waals surface area contributed by atoms with Crippen LogP contribution in [-0.4, -0.2) is 53.8 Å². The number of likely N-dealkylation sites (N-methyl/N-ethyl adjacent to an activating group) is 1. The highest BCUT2D eigenvalue weighted by atomic mass is 16.5. The van der Waals surface area contributed by atoms with E-state index in [9.17, 15) is 4.79 Å². The number of fused-ring (bicyclic) bond motifs is 1. The summed E-state index contributed by atoms with van der Waals surface area (Å²) < 4.78 is 10.8. The van der Waals surface area contributed by atoms with Crippen LogP contribution < -0.4 is 21.1 Å². The number of hydrogen-bond donors (Lipinski definition) is 3. The number of amides is 1. The molecule has 10 heteroatoms. The van der Waals surface area contributed by atoms with Gasteiger partial charge in [0.15, 0.2) is 11.5 Å². The van der Waals surface area contributed by atoms with Crippen LogP contribution in [0.3, 0.4) is 0 Å². The van der Waals surface area contributed by atoms with Crippen molar-refractivity contribution in [1.29, 1.82) is 0 Å². The predicted octanol–water partition coefficient (Wildman–Crippen LogP) is 2.60. The van der Waals surface area contributed by atoms with E-state index in [1.807, 2.05) is 36.4 Å². The number of benzene rings is 2. The van der Waals surface area contributed by atoms with E-state index in [1.165, 1.54) is 11.1 Å². The number of primary amides is 1. The van der Waals surface area contributed by atoms with Crippen LogP contribution >= 0.6 is 0 Å². The number of carbonyl (C=O) groups is 1. The molecule has 3 aromatic rings. The van der Waals surface area contributed by atoms with Gasteiger partial charge in [-0.05, 0) is 42.8 Å². The quantitative estimate of drug-likeness (QED) is 0.475. The van der Waals surface area contributed by atoms with Gasteiger partial charge in [0.25, 0.3) is 5.91 Å². The number of ether oxygens (including phenoxy) is 2. The van der Waals surface area contributed by atoms with Crippen LogP contribution in [-0.2, 0) is 24.3 Å². The van der Waals surface area contributed by atoms with E-state index in [-0.39, 0.29) is 17.5 Å². The van der Waals surface area contributed by atoms with E-state index in [0.29, 0.717) is 18.0 Å². The number of aromatic nitrogens is 3. The Morgan fingerprint density at radius 3 is 2.70 bits per heavy atom. The maximum absolute atomic E-state index is 12.0. The Morgan fingerprint density at radius 2 is 1.94 bits per heavy atom. The summed E-state index contributed by atoms with van der Waals surface area (Å²) in [5.74, 6) is 0.345. The zero-order valence-corrected chi connectivity index (χ0v) is 18.9. The summed E-state index contributed by atoms with van der Waals surface area (Å²) in [6.07, 6.45) is 0.961. The zero-order valence-electron chi connectivity index (χ0n) is 18.9. The highest BCUT2D eigenvalue weighted by Crippen LogP contribution is 2.33. The van der Waals surface area contributed by atoms with Crippen molar-refractivity contribution >= 4 is 29.0 Å². The fourth-order valence-corrected chi connectivity index (χ4v) is 3.80. The van der Waals surface area contributed by atoms with Crippen molar-refractivity contribution in [3.05, 3.63) is 58.8 Å². The van der Waals surface area contributed by atoms with Crippen LogP contribution in [0.25, 0.3) is 0 Å². The average Bonchev–Trinajstić information content (AvgIpc) is 2.80. The minimum absolute atomic E-state index is 0.0631. The van der Waals surface area contributed by atoms with Gasteiger partial charge in [0.2, 0.25) is 5.95 Å². The number of methoxy groups -OCH3 is 2. The van der Waals surface area contributed by atoms with Gasteiger partial charge in [-0.3, -0.25) is 4.79 Å². The third kappa shape index (κ3) is 5.02. The molecule has 0 saturated carbocycles. The molecule has 4 N–H and O–H groups in total. The van der Waals surface area contributed by atoms with Crippen LogP contribution in [0.2, 0.25) is 0 Å². The molecular formula is C23H27N7O3. The predicted molar refractivity (Wildman–Crippen MR) is 125 cm³/mol. The Morgan fingerprint density at radius 1 is 1.12 bits per heavy atom. The standard InChI is InChI=1S/C23H27N7O3/c1-30-9-8-14-11-19(33-3)18(10-16(14)12-30)26-23-27-22(20(21(24)31)28-29-23)25-17-7-5-4-6-15(17)13-32-2/h4-7,10-11H,8-9,12-13H2,1-3H3,(H2,24,31)(H2,25,26,27,29). The summed E-state index contributed by atoms with van der Waals surface area (Å²) in [5.41, 5.74) is 10.2. The normalized spacial score (nSPS) is 13.3. The van der Waals surface area contributed by atoms with Gasteiger partial charge in [-0.1, -0.05) is 18.2 Å². The van der Waals surface area contributed by atoms with Crippen LogP contribution in [0.15, 0.2) is 36.4 Å². The second kappa shape index (κ2) is 9.80. The van der Waals surface area contributed by atoms with Gasteiger partial charge < -0.3 is 30.7 Å². The Balaban J connectivity index is 1.68. The van der Waals surface area contributed by atoms with Crippen molar-refractivity contribution in [2.45, 2.75) is 19.6 Å². The van der Waals surface area contributed by atoms with E-state index in [0.717, 1.165) is 30.8 Å². The molecule has 10 nitrogen and oxygen atoms in total. The maximum atomic E-state index is 12.0. The second-order valence-electron chi connectivity index (χ2n) is 7.85. The first-order chi connectivity index (χ1) is 16.0. The summed E-state index contributed by atoms with van der Waals surface area (Å²) in [6, 6.07) is 11.6. The lowest BCUT2D eigenvalue weighted by molar-refractivity contribution is 0.0995. The molecule has 1 aromatic heterocycles. The number of nitrogens with zero attached hydrogens (tertiary/aromatic N) is 4. The van der Waals surface area contributed by atoms with Gasteiger partial charge >= 0.3 is 0 Å². The van der Waals surface area contributed by atoms with Crippen molar-refractivity contribution in [3.63, 3.8) is 0 Å². The van der Waals surface area contributed by atoms with E-state index >= 15 is 0 Å². The van der Waals surface area contributed by atoms with E-state index < -0.39 is 5.91 Å². The molecule has 0 saturated heterocycles. The van der Waals surface area contributed by atoms with Crippen LogP contribution in [0.1, 0.15) is 27.2 Å². The molecule has 1 amide bonds. The molecule has 4 rings (SSSR count). The lowest BCUT2D eigenvalue weighted by Crippen LogP contribution is -2.26. The highest BCUT2D eigenvalue weighted by molar-refractivity contribution is 5.96. The summed E-state index contributed by atoms with van der Waals surface area (Å²) in [4.78, 5) is 18.7. The number of carbonyl (C=O) groups excluding carboxylic acids is 1. The number of nitrogens with two attached hydrogens (primary N) is 1. The van der Waals surface area contributed by atoms with Crippen LogP contribution in [0.4, 0.5) is 23.1 Å². The zero-order chi connectivity index (χ0) is 23.4. The van der Waals surface area contributed by atoms with Gasteiger partial charge in [-0.2, -0.15) is 4.98 Å². The number of hydrogen-bond acceptors (Lipinski definition) is 9. The molecule has 172 valence electrons. The Labute approximate surface area is 192 Å². The Kier molecular flexibility index (Phi) is 6.66. The Hall–Kier alpha value is -3.76. The molecule has 33 heavy (non-hydrogen) atoms. The average molecular weight is 450 g/mol. The fraction of sp³-hybridized carbons (Fsp3) is 0.304. The van der Waals surface area contributed by atoms with E-state index in [4.69, 9.17) is 15.2 Å². The lowest BCUT2D eigenvalue weighted by atomic mass is 9.99. The molecule has 0 fully saturated rings. The highest BCUT2D eigenvalue weighted by Gasteiger charge is 2.19. The first-order valence-corrected chi connectivity index (χ1v) is 10.5. The van der Waals surface area contributed by atoms with Gasteiger partial charge in [0, 0.05) is 31.5 Å². The van der Waals surface area contributed by atoms with Crippen LogP contribution in [0, 0.1) is 0 Å². The van der Waals surface area contributed by atoms with Crippen molar-refractivity contribution in [2.75, 3.05) is 38.4 Å². The minimum Gasteiger partial charge on any atom is -0.495 e. The first kappa shape index (κ1) is 22.4. The summed E-state index contributed by atoms with van der Waals surface area (Å²) in [5, 5.41) is 14.4. The number of anilines is 4. The molecule has 0 radical (unpaired) electrons. The molecule has 0 spiro atoms. The van der Waals surface area contributed by atoms with E-state index in [2.05, 4.69) is 37.8 Å². The van der Waals surface area contributed by atoms with E-state index in [1.54, 1.807) is 14.2 Å². The van der Waals surface area contributed by atoms with Gasteiger partial charge in [0.05, 0.1) is 19.4 Å².